The van der Waals surface area contributed by atoms with E-state index in [0.29, 0.717) is 12.2 Å². The van der Waals surface area contributed by atoms with E-state index in [2.05, 4.69) is 4.98 Å². The van der Waals surface area contributed by atoms with E-state index in [-0.39, 0.29) is 6.10 Å². The summed E-state index contributed by atoms with van der Waals surface area (Å²) >= 11 is 1.58. The van der Waals surface area contributed by atoms with Gasteiger partial charge < -0.3 is 15.7 Å². The molecule has 0 spiro atoms. The van der Waals surface area contributed by atoms with Crippen LogP contribution in [0, 0.1) is 0 Å². The molecule has 0 amide bonds. The highest BCUT2D eigenvalue weighted by molar-refractivity contribution is 7.16. The molecule has 0 fully saturated rings. The van der Waals surface area contributed by atoms with Crippen LogP contribution < -0.4 is 10.6 Å². The first-order chi connectivity index (χ1) is 7.59. The topological polar surface area (TPSA) is 62.4 Å². The minimum atomic E-state index is -0.379. The number of aliphatic hydroxyl groups excluding tert-OH is 1. The number of benzene rings is 1. The van der Waals surface area contributed by atoms with Crippen molar-refractivity contribution >= 4 is 32.9 Å². The zero-order chi connectivity index (χ0) is 11.7. The van der Waals surface area contributed by atoms with E-state index in [1.807, 2.05) is 24.1 Å². The first-order valence-electron chi connectivity index (χ1n) is 5.10. The molecule has 0 aliphatic carbocycles. The SMILES string of the molecule is CC(O)CN(C)c1ccc2scnc2c1N. The molecule has 0 saturated heterocycles. The summed E-state index contributed by atoms with van der Waals surface area (Å²) in [6.45, 7) is 2.31. The summed E-state index contributed by atoms with van der Waals surface area (Å²) in [5.74, 6) is 0. The van der Waals surface area contributed by atoms with Crippen LogP contribution in [0.15, 0.2) is 17.6 Å². The molecule has 2 aromatic rings. The lowest BCUT2D eigenvalue weighted by molar-refractivity contribution is 0.201. The van der Waals surface area contributed by atoms with Gasteiger partial charge in [-0.3, -0.25) is 0 Å². The summed E-state index contributed by atoms with van der Waals surface area (Å²) in [4.78, 5) is 6.19. The van der Waals surface area contributed by atoms with E-state index in [1.54, 1.807) is 23.8 Å². The Morgan fingerprint density at radius 2 is 2.31 bits per heavy atom. The molecule has 5 heteroatoms. The Morgan fingerprint density at radius 3 is 3.00 bits per heavy atom. The Kier molecular flexibility index (Phi) is 2.98. The summed E-state index contributed by atoms with van der Waals surface area (Å²) in [5.41, 5.74) is 10.3. The first-order valence-corrected chi connectivity index (χ1v) is 5.98. The monoisotopic (exact) mass is 237 g/mol. The van der Waals surface area contributed by atoms with Gasteiger partial charge in [0.2, 0.25) is 0 Å². The molecular weight excluding hydrogens is 222 g/mol. The number of hydrogen-bond acceptors (Lipinski definition) is 5. The number of aliphatic hydroxyl groups is 1. The van der Waals surface area contributed by atoms with Gasteiger partial charge in [-0.1, -0.05) is 0 Å². The van der Waals surface area contributed by atoms with Gasteiger partial charge in [0.05, 0.1) is 27.7 Å². The van der Waals surface area contributed by atoms with Gasteiger partial charge in [0.15, 0.2) is 0 Å². The molecule has 16 heavy (non-hydrogen) atoms. The number of nitrogens with zero attached hydrogens (tertiary/aromatic N) is 2. The van der Waals surface area contributed by atoms with Gasteiger partial charge in [-0.25, -0.2) is 4.98 Å². The van der Waals surface area contributed by atoms with Crippen molar-refractivity contribution in [1.82, 2.24) is 4.98 Å². The van der Waals surface area contributed by atoms with Gasteiger partial charge in [-0.2, -0.15) is 0 Å². The Hall–Kier alpha value is -1.33. The van der Waals surface area contributed by atoms with Crippen LogP contribution >= 0.6 is 11.3 Å². The van der Waals surface area contributed by atoms with Gasteiger partial charge >= 0.3 is 0 Å². The molecule has 1 unspecified atom stereocenters. The zero-order valence-corrected chi connectivity index (χ0v) is 10.2. The molecule has 1 heterocycles. The minimum absolute atomic E-state index is 0.379. The Balaban J connectivity index is 2.40. The third kappa shape index (κ3) is 1.96. The molecule has 86 valence electrons. The van der Waals surface area contributed by atoms with Crippen molar-refractivity contribution < 1.29 is 5.11 Å². The van der Waals surface area contributed by atoms with E-state index >= 15 is 0 Å². The highest BCUT2D eigenvalue weighted by Gasteiger charge is 2.11. The van der Waals surface area contributed by atoms with Crippen molar-refractivity contribution in [2.24, 2.45) is 0 Å². The third-order valence-corrected chi connectivity index (χ3v) is 3.26. The Labute approximate surface area is 98.3 Å². The number of thiazole rings is 1. The third-order valence-electron chi connectivity index (χ3n) is 2.47. The van der Waals surface area contributed by atoms with Crippen molar-refractivity contribution in [2.75, 3.05) is 24.2 Å². The number of hydrogen-bond donors (Lipinski definition) is 2. The lowest BCUT2D eigenvalue weighted by Crippen LogP contribution is -2.27. The molecular formula is C11H15N3OS. The molecule has 0 saturated carbocycles. The Morgan fingerprint density at radius 1 is 1.56 bits per heavy atom. The van der Waals surface area contributed by atoms with Crippen molar-refractivity contribution in [3.63, 3.8) is 0 Å². The van der Waals surface area contributed by atoms with Crippen LogP contribution in [0.4, 0.5) is 11.4 Å². The van der Waals surface area contributed by atoms with Crippen LogP contribution in [0.1, 0.15) is 6.92 Å². The average Bonchev–Trinajstić information content (AvgIpc) is 2.65. The van der Waals surface area contributed by atoms with Gasteiger partial charge in [0, 0.05) is 13.6 Å². The molecule has 0 bridgehead atoms. The van der Waals surface area contributed by atoms with Gasteiger partial charge in [0.1, 0.15) is 5.52 Å². The van der Waals surface area contributed by atoms with E-state index in [9.17, 15) is 5.11 Å². The number of anilines is 2. The maximum atomic E-state index is 9.35. The molecule has 0 aliphatic heterocycles. The normalized spacial score (nSPS) is 12.9. The standard InChI is InChI=1S/C11H15N3OS/c1-7(15)5-14(2)8-3-4-9-11(10(8)12)13-6-16-9/h3-4,6-7,15H,5,12H2,1-2H3. The molecule has 1 atom stereocenters. The van der Waals surface area contributed by atoms with Crippen molar-refractivity contribution in [3.8, 4) is 0 Å². The molecule has 0 radical (unpaired) electrons. The second-order valence-corrected chi connectivity index (χ2v) is 4.81. The van der Waals surface area contributed by atoms with Crippen molar-refractivity contribution in [1.29, 1.82) is 0 Å². The average molecular weight is 237 g/mol. The fourth-order valence-electron chi connectivity index (χ4n) is 1.77. The number of fused-ring (bicyclic) bond motifs is 1. The van der Waals surface area contributed by atoms with Gasteiger partial charge in [0.25, 0.3) is 0 Å². The summed E-state index contributed by atoms with van der Waals surface area (Å²) < 4.78 is 1.09. The van der Waals surface area contributed by atoms with Crippen LogP contribution in [0.3, 0.4) is 0 Å². The largest absolute Gasteiger partial charge is 0.395 e. The second kappa shape index (κ2) is 4.27. The van der Waals surface area contributed by atoms with E-state index in [1.165, 1.54) is 0 Å². The second-order valence-electron chi connectivity index (χ2n) is 3.93. The number of nitrogen functional groups attached to an aromatic ring is 1. The van der Waals surface area contributed by atoms with E-state index < -0.39 is 0 Å². The van der Waals surface area contributed by atoms with Crippen LogP contribution in [0.2, 0.25) is 0 Å². The molecule has 4 nitrogen and oxygen atoms in total. The van der Waals surface area contributed by atoms with Gasteiger partial charge in [-0.15, -0.1) is 11.3 Å². The fourth-order valence-corrected chi connectivity index (χ4v) is 2.46. The van der Waals surface area contributed by atoms with Gasteiger partial charge in [-0.05, 0) is 19.1 Å². The number of nitrogens with two attached hydrogens (primary N) is 1. The number of likely N-dealkylation sites (N-methyl/N-ethyl adjacent to an activating group) is 1. The first kappa shape index (κ1) is 11.2. The highest BCUT2D eigenvalue weighted by atomic mass is 32.1. The van der Waals surface area contributed by atoms with E-state index in [4.69, 9.17) is 5.73 Å². The van der Waals surface area contributed by atoms with Crippen LogP contribution in [0.5, 0.6) is 0 Å². The zero-order valence-electron chi connectivity index (χ0n) is 9.34. The molecule has 3 N–H and O–H groups in total. The molecule has 1 aromatic carbocycles. The van der Waals surface area contributed by atoms with Crippen LogP contribution in [0.25, 0.3) is 10.2 Å². The summed E-state index contributed by atoms with van der Waals surface area (Å²) in [6.07, 6.45) is -0.379. The lowest BCUT2D eigenvalue weighted by Gasteiger charge is -2.22. The number of rotatable bonds is 3. The number of aromatic nitrogens is 1. The maximum absolute atomic E-state index is 9.35. The molecule has 2 rings (SSSR count). The Bertz CT molecular complexity index is 495. The van der Waals surface area contributed by atoms with Crippen molar-refractivity contribution in [3.05, 3.63) is 17.6 Å². The highest BCUT2D eigenvalue weighted by Crippen LogP contribution is 2.31. The molecule has 0 aliphatic rings. The summed E-state index contributed by atoms with van der Waals surface area (Å²) in [7, 11) is 1.91. The van der Waals surface area contributed by atoms with Crippen molar-refractivity contribution in [2.45, 2.75) is 13.0 Å². The lowest BCUT2D eigenvalue weighted by atomic mass is 10.2. The van der Waals surface area contributed by atoms with E-state index in [0.717, 1.165) is 15.9 Å². The predicted molar refractivity (Wildman–Crippen MR) is 69.0 cm³/mol. The maximum Gasteiger partial charge on any atom is 0.106 e. The molecule has 1 aromatic heterocycles. The fraction of sp³-hybridized carbons (Fsp3) is 0.364. The smallest absolute Gasteiger partial charge is 0.106 e. The van der Waals surface area contributed by atoms with Crippen LogP contribution in [-0.4, -0.2) is 29.8 Å². The minimum Gasteiger partial charge on any atom is -0.395 e. The predicted octanol–water partition coefficient (Wildman–Crippen LogP) is 1.70. The van der Waals surface area contributed by atoms with Crippen LogP contribution in [-0.2, 0) is 0 Å². The summed E-state index contributed by atoms with van der Waals surface area (Å²) in [6, 6.07) is 3.98. The quantitative estimate of drug-likeness (QED) is 0.798. The summed E-state index contributed by atoms with van der Waals surface area (Å²) in [5, 5.41) is 9.35.